The van der Waals surface area contributed by atoms with E-state index in [4.69, 9.17) is 0 Å². The number of hydrogen-bond acceptors (Lipinski definition) is 3. The fourth-order valence-corrected chi connectivity index (χ4v) is 5.52. The van der Waals surface area contributed by atoms with Crippen molar-refractivity contribution in [1.82, 2.24) is 9.78 Å². The lowest BCUT2D eigenvalue weighted by Crippen LogP contribution is -2.47. The van der Waals surface area contributed by atoms with Crippen LogP contribution < -0.4 is 0 Å². The van der Waals surface area contributed by atoms with Crippen LogP contribution in [-0.4, -0.2) is 29.6 Å². The lowest BCUT2D eigenvalue weighted by molar-refractivity contribution is 0.00646. The molecule has 2 unspecified atom stereocenters. The third-order valence-electron chi connectivity index (χ3n) is 4.33. The lowest BCUT2D eigenvalue weighted by atomic mass is 9.82. The first-order chi connectivity index (χ1) is 8.62. The Hall–Kier alpha value is -0.680. The molecule has 2 saturated heterocycles. The van der Waals surface area contributed by atoms with Gasteiger partial charge in [-0.2, -0.15) is 5.10 Å². The van der Waals surface area contributed by atoms with Crippen molar-refractivity contribution in [2.24, 2.45) is 0 Å². The zero-order valence-corrected chi connectivity index (χ0v) is 11.5. The zero-order valence-electron chi connectivity index (χ0n) is 10.7. The number of aliphatic hydroxyl groups is 1. The Morgan fingerprint density at radius 2 is 2.17 bits per heavy atom. The first kappa shape index (κ1) is 12.4. The van der Waals surface area contributed by atoms with Crippen molar-refractivity contribution < 1.29 is 9.32 Å². The average molecular weight is 268 g/mol. The standard InChI is InChI=1S/C13H20N2O2S/c1-2-15-9-10(8-14-15)13(16)6-11-4-3-5-12(7-13)18(11)17/h8-9,11-12,16H,2-7H2,1H3. The quantitative estimate of drug-likeness (QED) is 0.885. The minimum atomic E-state index is -0.808. The molecule has 1 aromatic heterocycles. The Morgan fingerprint density at radius 1 is 1.50 bits per heavy atom. The minimum Gasteiger partial charge on any atom is -0.385 e. The van der Waals surface area contributed by atoms with E-state index in [1.165, 1.54) is 0 Å². The molecule has 100 valence electrons. The van der Waals surface area contributed by atoms with Gasteiger partial charge < -0.3 is 5.11 Å². The molecule has 1 N–H and O–H groups in total. The average Bonchev–Trinajstić information content (AvgIpc) is 2.81. The first-order valence-electron chi connectivity index (χ1n) is 6.77. The summed E-state index contributed by atoms with van der Waals surface area (Å²) in [5, 5.41) is 15.5. The van der Waals surface area contributed by atoms with Crippen molar-refractivity contribution >= 4 is 10.8 Å². The van der Waals surface area contributed by atoms with Gasteiger partial charge in [-0.3, -0.25) is 8.89 Å². The highest BCUT2D eigenvalue weighted by atomic mass is 32.2. The Labute approximate surface area is 110 Å². The van der Waals surface area contributed by atoms with Gasteiger partial charge in [-0.15, -0.1) is 0 Å². The second-order valence-corrected chi connectivity index (χ2v) is 7.52. The molecule has 0 radical (unpaired) electrons. The molecule has 18 heavy (non-hydrogen) atoms. The van der Waals surface area contributed by atoms with Gasteiger partial charge in [0, 0.05) is 39.6 Å². The Kier molecular flexibility index (Phi) is 3.06. The van der Waals surface area contributed by atoms with E-state index in [1.54, 1.807) is 6.20 Å². The van der Waals surface area contributed by atoms with Gasteiger partial charge in [-0.05, 0) is 32.6 Å². The molecule has 2 aliphatic heterocycles. The third-order valence-corrected chi connectivity index (χ3v) is 6.45. The fourth-order valence-electron chi connectivity index (χ4n) is 3.30. The van der Waals surface area contributed by atoms with E-state index in [2.05, 4.69) is 5.10 Å². The van der Waals surface area contributed by atoms with Crippen molar-refractivity contribution in [3.05, 3.63) is 18.0 Å². The molecule has 5 heteroatoms. The van der Waals surface area contributed by atoms with E-state index >= 15 is 0 Å². The molecule has 2 aliphatic rings. The molecule has 0 amide bonds. The number of aryl methyl sites for hydroxylation is 1. The molecule has 1 aromatic rings. The van der Waals surface area contributed by atoms with E-state index in [1.807, 2.05) is 17.8 Å². The molecule has 2 fully saturated rings. The maximum absolute atomic E-state index is 12.2. The topological polar surface area (TPSA) is 55.1 Å². The first-order valence-corrected chi connectivity index (χ1v) is 8.05. The van der Waals surface area contributed by atoms with Gasteiger partial charge in [0.25, 0.3) is 0 Å². The van der Waals surface area contributed by atoms with Crippen LogP contribution in [0.25, 0.3) is 0 Å². The Morgan fingerprint density at radius 3 is 2.72 bits per heavy atom. The summed E-state index contributed by atoms with van der Waals surface area (Å²) < 4.78 is 14.0. The minimum absolute atomic E-state index is 0.174. The second-order valence-electron chi connectivity index (χ2n) is 5.53. The molecular weight excluding hydrogens is 248 g/mol. The van der Waals surface area contributed by atoms with Crippen LogP contribution in [0.3, 0.4) is 0 Å². The van der Waals surface area contributed by atoms with Crippen molar-refractivity contribution in [2.45, 2.75) is 61.7 Å². The van der Waals surface area contributed by atoms with Gasteiger partial charge >= 0.3 is 0 Å². The summed E-state index contributed by atoms with van der Waals surface area (Å²) >= 11 is 0. The van der Waals surface area contributed by atoms with Gasteiger partial charge in [0.1, 0.15) is 0 Å². The number of nitrogens with zero attached hydrogens (tertiary/aromatic N) is 2. The number of rotatable bonds is 2. The van der Waals surface area contributed by atoms with E-state index in [0.29, 0.717) is 12.8 Å². The van der Waals surface area contributed by atoms with E-state index in [9.17, 15) is 9.32 Å². The van der Waals surface area contributed by atoms with Crippen LogP contribution in [0.15, 0.2) is 12.4 Å². The number of hydrogen-bond donors (Lipinski definition) is 1. The predicted molar refractivity (Wildman–Crippen MR) is 70.6 cm³/mol. The largest absolute Gasteiger partial charge is 0.385 e. The summed E-state index contributed by atoms with van der Waals surface area (Å²) in [6.45, 7) is 2.85. The summed E-state index contributed by atoms with van der Waals surface area (Å²) in [6.07, 6.45) is 8.11. The lowest BCUT2D eigenvalue weighted by Gasteiger charge is -2.43. The van der Waals surface area contributed by atoms with Crippen LogP contribution in [0.2, 0.25) is 0 Å². The van der Waals surface area contributed by atoms with Crippen LogP contribution >= 0.6 is 0 Å². The van der Waals surface area contributed by atoms with Gasteiger partial charge in [0.2, 0.25) is 0 Å². The summed E-state index contributed by atoms with van der Waals surface area (Å²) in [4.78, 5) is 0. The SMILES string of the molecule is CCn1cc(C2(O)CC3CCCC(C2)S3=O)cn1. The van der Waals surface area contributed by atoms with Crippen LogP contribution in [-0.2, 0) is 22.9 Å². The van der Waals surface area contributed by atoms with Crippen LogP contribution in [0.4, 0.5) is 0 Å². The summed E-state index contributed by atoms with van der Waals surface area (Å²) in [5.41, 5.74) is 0.0924. The van der Waals surface area contributed by atoms with Crippen LogP contribution in [0, 0.1) is 0 Å². The molecular formula is C13H20N2O2S. The van der Waals surface area contributed by atoms with Gasteiger partial charge in [0.05, 0.1) is 11.8 Å². The fraction of sp³-hybridized carbons (Fsp3) is 0.769. The highest BCUT2D eigenvalue weighted by Crippen LogP contribution is 2.44. The van der Waals surface area contributed by atoms with Crippen molar-refractivity contribution in [3.8, 4) is 0 Å². The predicted octanol–water partition coefficient (Wildman–Crippen LogP) is 1.55. The molecule has 0 aromatic carbocycles. The monoisotopic (exact) mass is 268 g/mol. The molecule has 2 bridgehead atoms. The van der Waals surface area contributed by atoms with Gasteiger partial charge in [0.15, 0.2) is 0 Å². The molecule has 4 nitrogen and oxygen atoms in total. The van der Waals surface area contributed by atoms with E-state index in [0.717, 1.165) is 31.4 Å². The van der Waals surface area contributed by atoms with Crippen LogP contribution in [0.1, 0.15) is 44.6 Å². The molecule has 3 heterocycles. The summed E-state index contributed by atoms with van der Waals surface area (Å²) in [5.74, 6) is 0. The molecule has 0 spiro atoms. The normalized spacial score (nSPS) is 39.8. The second kappa shape index (κ2) is 4.46. The zero-order chi connectivity index (χ0) is 12.8. The molecule has 0 saturated carbocycles. The maximum Gasteiger partial charge on any atom is 0.0949 e. The molecule has 2 atom stereocenters. The van der Waals surface area contributed by atoms with Crippen molar-refractivity contribution in [2.75, 3.05) is 0 Å². The Bertz CT molecular complexity index is 455. The Balaban J connectivity index is 1.89. The van der Waals surface area contributed by atoms with Crippen molar-refractivity contribution in [3.63, 3.8) is 0 Å². The van der Waals surface area contributed by atoms with E-state index in [-0.39, 0.29) is 10.5 Å². The number of aromatic nitrogens is 2. The smallest absolute Gasteiger partial charge is 0.0949 e. The third kappa shape index (κ3) is 1.93. The van der Waals surface area contributed by atoms with Gasteiger partial charge in [-0.1, -0.05) is 6.42 Å². The highest BCUT2D eigenvalue weighted by Gasteiger charge is 2.46. The van der Waals surface area contributed by atoms with Crippen LogP contribution in [0.5, 0.6) is 0 Å². The van der Waals surface area contributed by atoms with E-state index < -0.39 is 16.4 Å². The highest BCUT2D eigenvalue weighted by molar-refractivity contribution is 7.86. The number of fused-ring (bicyclic) bond motifs is 2. The van der Waals surface area contributed by atoms with Gasteiger partial charge in [-0.25, -0.2) is 0 Å². The summed E-state index contributed by atoms with van der Waals surface area (Å²) in [7, 11) is -0.739. The summed E-state index contributed by atoms with van der Waals surface area (Å²) in [6, 6.07) is 0. The molecule has 3 rings (SSSR count). The molecule has 0 aliphatic carbocycles. The van der Waals surface area contributed by atoms with Crippen molar-refractivity contribution in [1.29, 1.82) is 0 Å². The maximum atomic E-state index is 12.2.